The van der Waals surface area contributed by atoms with Crippen LogP contribution in [0.25, 0.3) is 11.0 Å². The van der Waals surface area contributed by atoms with Crippen LogP contribution in [-0.4, -0.2) is 16.5 Å². The molecule has 4 nitrogen and oxygen atoms in total. The third-order valence-corrected chi connectivity index (χ3v) is 3.23. The van der Waals surface area contributed by atoms with Gasteiger partial charge in [-0.2, -0.15) is 5.26 Å². The minimum Gasteiger partial charge on any atom is -0.355 e. The highest BCUT2D eigenvalue weighted by Crippen LogP contribution is 2.15. The van der Waals surface area contributed by atoms with Crippen LogP contribution in [0.15, 0.2) is 42.5 Å². The van der Waals surface area contributed by atoms with Gasteiger partial charge in [0.05, 0.1) is 22.7 Å². The van der Waals surface area contributed by atoms with Gasteiger partial charge in [-0.1, -0.05) is 12.1 Å². The second-order valence-corrected chi connectivity index (χ2v) is 4.73. The van der Waals surface area contributed by atoms with Gasteiger partial charge in [0, 0.05) is 6.54 Å². The van der Waals surface area contributed by atoms with E-state index in [1.807, 2.05) is 6.07 Å². The van der Waals surface area contributed by atoms with Gasteiger partial charge in [-0.05, 0) is 42.3 Å². The average Bonchev–Trinajstić information content (AvgIpc) is 2.91. The topological polar surface area (TPSA) is 64.5 Å². The Morgan fingerprint density at radius 1 is 1.19 bits per heavy atom. The van der Waals surface area contributed by atoms with Crippen molar-refractivity contribution >= 4 is 17.0 Å². The molecule has 0 aliphatic heterocycles. The molecule has 1 aromatic heterocycles. The van der Waals surface area contributed by atoms with Crippen molar-refractivity contribution in [3.8, 4) is 6.07 Å². The van der Waals surface area contributed by atoms with E-state index in [2.05, 4.69) is 21.4 Å². The third kappa shape index (κ3) is 3.00. The van der Waals surface area contributed by atoms with Crippen molar-refractivity contribution in [1.29, 1.82) is 5.26 Å². The lowest BCUT2D eigenvalue weighted by Gasteiger charge is -2.02. The monoisotopic (exact) mass is 280 g/mol. The summed E-state index contributed by atoms with van der Waals surface area (Å²) < 4.78 is 12.8. The number of benzene rings is 2. The predicted molar refractivity (Wildman–Crippen MR) is 79.4 cm³/mol. The molecule has 3 aromatic rings. The molecule has 0 radical (unpaired) electrons. The van der Waals surface area contributed by atoms with E-state index in [-0.39, 0.29) is 5.82 Å². The van der Waals surface area contributed by atoms with E-state index in [0.29, 0.717) is 18.1 Å². The number of halogens is 1. The Morgan fingerprint density at radius 3 is 2.76 bits per heavy atom. The molecule has 1 heterocycles. The standard InChI is InChI=1S/C16H13FN4/c17-13-4-1-11(2-5-13)7-8-19-16-20-14-6-3-12(10-18)9-15(14)21-16/h1-6,9H,7-8H2,(H2,19,20,21). The molecule has 0 saturated heterocycles. The van der Waals surface area contributed by atoms with Gasteiger partial charge in [0.2, 0.25) is 5.95 Å². The molecule has 2 N–H and O–H groups in total. The van der Waals surface area contributed by atoms with Crippen molar-refractivity contribution in [1.82, 2.24) is 9.97 Å². The molecule has 0 unspecified atom stereocenters. The molecular formula is C16H13FN4. The maximum atomic E-state index is 12.8. The van der Waals surface area contributed by atoms with Gasteiger partial charge in [0.1, 0.15) is 5.82 Å². The molecule has 0 amide bonds. The Balaban J connectivity index is 1.65. The molecule has 2 aromatic carbocycles. The lowest BCUT2D eigenvalue weighted by molar-refractivity contribution is 0.627. The maximum absolute atomic E-state index is 12.8. The fourth-order valence-electron chi connectivity index (χ4n) is 2.14. The molecule has 0 atom stereocenters. The Hall–Kier alpha value is -2.87. The van der Waals surface area contributed by atoms with Gasteiger partial charge in [-0.3, -0.25) is 0 Å². The summed E-state index contributed by atoms with van der Waals surface area (Å²) in [5.41, 5.74) is 3.31. The van der Waals surface area contributed by atoms with Crippen LogP contribution >= 0.6 is 0 Å². The Kier molecular flexibility index (Phi) is 3.52. The van der Waals surface area contributed by atoms with Crippen molar-refractivity contribution in [2.24, 2.45) is 0 Å². The number of imidazole rings is 1. The van der Waals surface area contributed by atoms with E-state index in [4.69, 9.17) is 5.26 Å². The summed E-state index contributed by atoms with van der Waals surface area (Å²) in [4.78, 5) is 7.53. The quantitative estimate of drug-likeness (QED) is 0.771. The highest BCUT2D eigenvalue weighted by Gasteiger charge is 2.03. The summed E-state index contributed by atoms with van der Waals surface area (Å²) in [5, 5.41) is 12.1. The maximum Gasteiger partial charge on any atom is 0.201 e. The number of nitrogens with one attached hydrogen (secondary N) is 2. The van der Waals surface area contributed by atoms with Crippen LogP contribution in [0.3, 0.4) is 0 Å². The van der Waals surface area contributed by atoms with Crippen molar-refractivity contribution < 1.29 is 4.39 Å². The summed E-state index contributed by atoms with van der Waals surface area (Å²) >= 11 is 0. The molecule has 0 saturated carbocycles. The number of aromatic amines is 1. The number of anilines is 1. The fourth-order valence-corrected chi connectivity index (χ4v) is 2.14. The van der Waals surface area contributed by atoms with E-state index in [1.165, 1.54) is 12.1 Å². The summed E-state index contributed by atoms with van der Waals surface area (Å²) in [6, 6.07) is 13.9. The molecule has 0 bridgehead atoms. The van der Waals surface area contributed by atoms with Crippen LogP contribution in [0.1, 0.15) is 11.1 Å². The largest absolute Gasteiger partial charge is 0.355 e. The minimum absolute atomic E-state index is 0.225. The van der Waals surface area contributed by atoms with Crippen molar-refractivity contribution in [2.45, 2.75) is 6.42 Å². The third-order valence-electron chi connectivity index (χ3n) is 3.23. The van der Waals surface area contributed by atoms with E-state index in [0.717, 1.165) is 23.0 Å². The average molecular weight is 280 g/mol. The van der Waals surface area contributed by atoms with Crippen LogP contribution in [0.2, 0.25) is 0 Å². The van der Waals surface area contributed by atoms with Gasteiger partial charge < -0.3 is 10.3 Å². The predicted octanol–water partition coefficient (Wildman–Crippen LogP) is 3.23. The SMILES string of the molecule is N#Cc1ccc2nc(NCCc3ccc(F)cc3)[nH]c2c1. The molecule has 5 heteroatoms. The van der Waals surface area contributed by atoms with Gasteiger partial charge in [-0.15, -0.1) is 0 Å². The highest BCUT2D eigenvalue weighted by molar-refractivity contribution is 5.78. The Labute approximate surface area is 121 Å². The second-order valence-electron chi connectivity index (χ2n) is 4.73. The van der Waals surface area contributed by atoms with E-state index >= 15 is 0 Å². The summed E-state index contributed by atoms with van der Waals surface area (Å²) in [6.07, 6.45) is 0.779. The van der Waals surface area contributed by atoms with Gasteiger partial charge in [0.15, 0.2) is 0 Å². The van der Waals surface area contributed by atoms with Crippen molar-refractivity contribution in [3.05, 3.63) is 59.4 Å². The summed E-state index contributed by atoms with van der Waals surface area (Å²) in [7, 11) is 0. The lowest BCUT2D eigenvalue weighted by Crippen LogP contribution is -2.05. The first kappa shape index (κ1) is 13.1. The number of nitriles is 1. The zero-order valence-electron chi connectivity index (χ0n) is 11.2. The number of hydrogen-bond donors (Lipinski definition) is 2. The van der Waals surface area contributed by atoms with E-state index in [1.54, 1.807) is 24.3 Å². The Morgan fingerprint density at radius 2 is 2.00 bits per heavy atom. The molecule has 0 aliphatic rings. The van der Waals surface area contributed by atoms with Gasteiger partial charge >= 0.3 is 0 Å². The number of aromatic nitrogens is 2. The first-order valence-electron chi connectivity index (χ1n) is 6.63. The number of H-pyrrole nitrogens is 1. The number of hydrogen-bond acceptors (Lipinski definition) is 3. The van der Waals surface area contributed by atoms with E-state index in [9.17, 15) is 4.39 Å². The number of nitrogens with zero attached hydrogens (tertiary/aromatic N) is 2. The summed E-state index contributed by atoms with van der Waals surface area (Å²) in [6.45, 7) is 0.691. The molecule has 3 rings (SSSR count). The first-order valence-corrected chi connectivity index (χ1v) is 6.63. The molecule has 104 valence electrons. The van der Waals surface area contributed by atoms with Crippen LogP contribution in [0, 0.1) is 17.1 Å². The normalized spacial score (nSPS) is 10.5. The van der Waals surface area contributed by atoms with Crippen LogP contribution in [0.4, 0.5) is 10.3 Å². The molecular weight excluding hydrogens is 267 g/mol. The zero-order chi connectivity index (χ0) is 14.7. The van der Waals surface area contributed by atoms with Gasteiger partial charge in [-0.25, -0.2) is 9.37 Å². The molecule has 21 heavy (non-hydrogen) atoms. The summed E-state index contributed by atoms with van der Waals surface area (Å²) in [5.74, 6) is 0.444. The van der Waals surface area contributed by atoms with Crippen LogP contribution < -0.4 is 5.32 Å². The molecule has 0 aliphatic carbocycles. The highest BCUT2D eigenvalue weighted by atomic mass is 19.1. The van der Waals surface area contributed by atoms with Crippen LogP contribution in [-0.2, 0) is 6.42 Å². The van der Waals surface area contributed by atoms with Crippen molar-refractivity contribution in [3.63, 3.8) is 0 Å². The number of rotatable bonds is 4. The zero-order valence-corrected chi connectivity index (χ0v) is 11.2. The Bertz CT molecular complexity index is 799. The van der Waals surface area contributed by atoms with Crippen LogP contribution in [0.5, 0.6) is 0 Å². The smallest absolute Gasteiger partial charge is 0.201 e. The lowest BCUT2D eigenvalue weighted by atomic mass is 10.1. The molecule has 0 fully saturated rings. The fraction of sp³-hybridized carbons (Fsp3) is 0.125. The first-order chi connectivity index (χ1) is 10.2. The minimum atomic E-state index is -0.225. The number of fused-ring (bicyclic) bond motifs is 1. The molecule has 0 spiro atoms. The van der Waals surface area contributed by atoms with Gasteiger partial charge in [0.25, 0.3) is 0 Å². The van der Waals surface area contributed by atoms with Crippen molar-refractivity contribution in [2.75, 3.05) is 11.9 Å². The second kappa shape index (κ2) is 5.63. The van der Waals surface area contributed by atoms with E-state index < -0.39 is 0 Å².